The number of benzene rings is 7. The van der Waals surface area contributed by atoms with Crippen molar-refractivity contribution in [3.8, 4) is 45.3 Å². The van der Waals surface area contributed by atoms with Crippen LogP contribution in [0.4, 0.5) is 0 Å². The average molecular weight is 576 g/mol. The fourth-order valence-electron chi connectivity index (χ4n) is 7.56. The van der Waals surface area contributed by atoms with Gasteiger partial charge >= 0.3 is 0 Å². The van der Waals surface area contributed by atoms with Crippen LogP contribution in [0.5, 0.6) is 0 Å². The van der Waals surface area contributed by atoms with Crippen molar-refractivity contribution >= 4 is 32.3 Å². The summed E-state index contributed by atoms with van der Waals surface area (Å²) in [6, 6.07) is 49.2. The third-order valence-corrected chi connectivity index (χ3v) is 9.44. The van der Waals surface area contributed by atoms with Crippen LogP contribution >= 0.6 is 0 Å². The molecule has 9 rings (SSSR count). The van der Waals surface area contributed by atoms with E-state index in [4.69, 9.17) is 15.0 Å². The molecule has 45 heavy (non-hydrogen) atoms. The van der Waals surface area contributed by atoms with E-state index in [9.17, 15) is 0 Å². The predicted molar refractivity (Wildman–Crippen MR) is 186 cm³/mol. The third kappa shape index (κ3) is 3.80. The van der Waals surface area contributed by atoms with Crippen LogP contribution in [0.3, 0.4) is 0 Å². The molecular formula is C42H29N3. The van der Waals surface area contributed by atoms with Gasteiger partial charge in [-0.25, -0.2) is 15.0 Å². The van der Waals surface area contributed by atoms with E-state index < -0.39 is 0 Å². The van der Waals surface area contributed by atoms with Gasteiger partial charge in [0.1, 0.15) is 0 Å². The van der Waals surface area contributed by atoms with E-state index in [1.807, 2.05) is 36.4 Å². The minimum absolute atomic E-state index is 0.212. The standard InChI is InChI=1S/C42H29N3/c1-42(2)37-32-23-13-11-21-30(32)34(25-35(37)36-31-22-12-9-19-28(31)29-20-10-14-24-33(29)38(36)42)41-44-39(26-15-5-3-6-16-26)43-40(45-41)27-17-7-4-8-18-27/h3-25H,1-2H3. The largest absolute Gasteiger partial charge is 0.208 e. The van der Waals surface area contributed by atoms with E-state index in [1.165, 1.54) is 49.2 Å². The number of hydrogen-bond acceptors (Lipinski definition) is 3. The molecule has 0 fully saturated rings. The number of fused-ring (bicyclic) bond motifs is 10. The lowest BCUT2D eigenvalue weighted by atomic mass is 9.77. The summed E-state index contributed by atoms with van der Waals surface area (Å²) >= 11 is 0. The van der Waals surface area contributed by atoms with Crippen LogP contribution in [-0.2, 0) is 5.41 Å². The summed E-state index contributed by atoms with van der Waals surface area (Å²) in [6.45, 7) is 4.77. The zero-order chi connectivity index (χ0) is 30.1. The molecule has 0 bridgehead atoms. The van der Waals surface area contributed by atoms with Crippen molar-refractivity contribution in [1.29, 1.82) is 0 Å². The fraction of sp³-hybridized carbons (Fsp3) is 0.0714. The van der Waals surface area contributed by atoms with Crippen molar-refractivity contribution in [2.24, 2.45) is 0 Å². The maximum atomic E-state index is 5.16. The topological polar surface area (TPSA) is 38.7 Å². The Labute approximate surface area is 261 Å². The molecule has 0 saturated heterocycles. The lowest BCUT2D eigenvalue weighted by Gasteiger charge is -2.25. The molecule has 1 aromatic heterocycles. The third-order valence-electron chi connectivity index (χ3n) is 9.44. The molecule has 0 atom stereocenters. The molecule has 0 radical (unpaired) electrons. The average Bonchev–Trinajstić information content (AvgIpc) is 3.35. The first kappa shape index (κ1) is 25.8. The van der Waals surface area contributed by atoms with Crippen molar-refractivity contribution in [1.82, 2.24) is 15.0 Å². The molecule has 1 heterocycles. The Morgan fingerprint density at radius 3 is 1.38 bits per heavy atom. The van der Waals surface area contributed by atoms with Crippen molar-refractivity contribution in [2.45, 2.75) is 19.3 Å². The van der Waals surface area contributed by atoms with E-state index in [0.717, 1.165) is 22.1 Å². The van der Waals surface area contributed by atoms with Gasteiger partial charge < -0.3 is 0 Å². The van der Waals surface area contributed by atoms with Crippen molar-refractivity contribution < 1.29 is 0 Å². The maximum Gasteiger partial charge on any atom is 0.164 e. The number of rotatable bonds is 3. The molecule has 1 aliphatic carbocycles. The number of hydrogen-bond donors (Lipinski definition) is 0. The van der Waals surface area contributed by atoms with Crippen LogP contribution in [0.2, 0.25) is 0 Å². The Hall–Kier alpha value is -5.67. The smallest absolute Gasteiger partial charge is 0.164 e. The van der Waals surface area contributed by atoms with Crippen molar-refractivity contribution in [2.75, 3.05) is 0 Å². The van der Waals surface area contributed by atoms with E-state index in [0.29, 0.717) is 17.5 Å². The van der Waals surface area contributed by atoms with Crippen molar-refractivity contribution in [3.05, 3.63) is 151 Å². The SMILES string of the molecule is CC1(C)c2c(cc(-c3nc(-c4ccccc4)nc(-c4ccccc4)n3)c3ccccc23)-c2c1c1ccccc1c1ccccc21. The second-order valence-corrected chi connectivity index (χ2v) is 12.4. The van der Waals surface area contributed by atoms with Crippen molar-refractivity contribution in [3.63, 3.8) is 0 Å². The van der Waals surface area contributed by atoms with Crippen LogP contribution in [0.15, 0.2) is 140 Å². The molecule has 3 nitrogen and oxygen atoms in total. The molecule has 0 aliphatic heterocycles. The molecule has 0 N–H and O–H groups in total. The number of nitrogens with zero attached hydrogens (tertiary/aromatic N) is 3. The van der Waals surface area contributed by atoms with E-state index in [-0.39, 0.29) is 5.41 Å². The quantitative estimate of drug-likeness (QED) is 0.197. The van der Waals surface area contributed by atoms with Gasteiger partial charge in [-0.3, -0.25) is 0 Å². The van der Waals surface area contributed by atoms with Crippen LogP contribution in [0.25, 0.3) is 77.6 Å². The first-order chi connectivity index (χ1) is 22.1. The van der Waals surface area contributed by atoms with E-state index in [2.05, 4.69) is 117 Å². The summed E-state index contributed by atoms with van der Waals surface area (Å²) in [5.41, 5.74) is 8.06. The predicted octanol–water partition coefficient (Wildman–Crippen LogP) is 10.6. The summed E-state index contributed by atoms with van der Waals surface area (Å²) in [4.78, 5) is 15.3. The fourth-order valence-corrected chi connectivity index (χ4v) is 7.56. The zero-order valence-corrected chi connectivity index (χ0v) is 25.1. The summed E-state index contributed by atoms with van der Waals surface area (Å²) in [6.07, 6.45) is 0. The maximum absolute atomic E-state index is 5.16. The van der Waals surface area contributed by atoms with Crippen LogP contribution < -0.4 is 0 Å². The van der Waals surface area contributed by atoms with Gasteiger partial charge in [0.15, 0.2) is 17.5 Å². The van der Waals surface area contributed by atoms with E-state index in [1.54, 1.807) is 0 Å². The molecule has 3 heteroatoms. The first-order valence-corrected chi connectivity index (χ1v) is 15.5. The Morgan fingerprint density at radius 2 is 0.800 bits per heavy atom. The lowest BCUT2D eigenvalue weighted by molar-refractivity contribution is 0.672. The highest BCUT2D eigenvalue weighted by Gasteiger charge is 2.40. The van der Waals surface area contributed by atoms with Crippen LogP contribution in [-0.4, -0.2) is 15.0 Å². The van der Waals surface area contributed by atoms with Gasteiger partial charge in [0.2, 0.25) is 0 Å². The minimum Gasteiger partial charge on any atom is -0.208 e. The second kappa shape index (κ2) is 9.67. The Bertz CT molecular complexity index is 2390. The highest BCUT2D eigenvalue weighted by atomic mass is 15.0. The molecule has 0 spiro atoms. The molecule has 8 aromatic rings. The summed E-state index contributed by atoms with van der Waals surface area (Å²) in [5.74, 6) is 2.01. The van der Waals surface area contributed by atoms with E-state index >= 15 is 0 Å². The Morgan fingerprint density at radius 1 is 0.378 bits per heavy atom. The molecular weight excluding hydrogens is 546 g/mol. The van der Waals surface area contributed by atoms with Gasteiger partial charge in [0.05, 0.1) is 0 Å². The zero-order valence-electron chi connectivity index (χ0n) is 25.1. The normalized spacial score (nSPS) is 13.3. The summed E-state index contributed by atoms with van der Waals surface area (Å²) in [5, 5.41) is 7.57. The molecule has 0 saturated carbocycles. The molecule has 212 valence electrons. The highest BCUT2D eigenvalue weighted by molar-refractivity contribution is 6.20. The molecule has 7 aromatic carbocycles. The first-order valence-electron chi connectivity index (χ1n) is 15.5. The summed E-state index contributed by atoms with van der Waals surface area (Å²) in [7, 11) is 0. The van der Waals surface area contributed by atoms with Gasteiger partial charge in [-0.2, -0.15) is 0 Å². The molecule has 0 amide bonds. The Kier molecular flexibility index (Phi) is 5.54. The van der Waals surface area contributed by atoms with Gasteiger partial charge in [0.25, 0.3) is 0 Å². The van der Waals surface area contributed by atoms with Gasteiger partial charge in [-0.05, 0) is 60.6 Å². The van der Waals surface area contributed by atoms with Gasteiger partial charge in [-0.15, -0.1) is 0 Å². The molecule has 1 aliphatic rings. The molecule has 0 unspecified atom stereocenters. The van der Waals surface area contributed by atoms with Crippen LogP contribution in [0, 0.1) is 0 Å². The van der Waals surface area contributed by atoms with Gasteiger partial charge in [0, 0.05) is 22.1 Å². The van der Waals surface area contributed by atoms with Crippen LogP contribution in [0.1, 0.15) is 25.0 Å². The Balaban J connectivity index is 1.41. The summed E-state index contributed by atoms with van der Waals surface area (Å²) < 4.78 is 0. The monoisotopic (exact) mass is 575 g/mol. The van der Waals surface area contributed by atoms with Gasteiger partial charge in [-0.1, -0.05) is 147 Å². The minimum atomic E-state index is -0.212. The lowest BCUT2D eigenvalue weighted by Crippen LogP contribution is -2.16. The highest BCUT2D eigenvalue weighted by Crippen LogP contribution is 2.57. The second-order valence-electron chi connectivity index (χ2n) is 12.4. The number of aromatic nitrogens is 3.